The molecule has 1 aromatic heterocycles. The molecule has 1 unspecified atom stereocenters. The van der Waals surface area contributed by atoms with Gasteiger partial charge >= 0.3 is 0 Å². The average Bonchev–Trinajstić information content (AvgIpc) is 3.00. The van der Waals surface area contributed by atoms with E-state index in [-0.39, 0.29) is 17.0 Å². The van der Waals surface area contributed by atoms with Crippen LogP contribution >= 0.6 is 11.8 Å². The van der Waals surface area contributed by atoms with E-state index >= 15 is 0 Å². The molecular weight excluding hydrogens is 363 g/mol. The van der Waals surface area contributed by atoms with Crippen molar-refractivity contribution in [2.45, 2.75) is 29.7 Å². The van der Waals surface area contributed by atoms with Gasteiger partial charge in [0, 0.05) is 17.8 Å². The summed E-state index contributed by atoms with van der Waals surface area (Å²) in [6.45, 7) is 0.718. The first-order chi connectivity index (χ1) is 13.2. The van der Waals surface area contributed by atoms with Crippen molar-refractivity contribution in [1.82, 2.24) is 20.1 Å². The predicted molar refractivity (Wildman–Crippen MR) is 103 cm³/mol. The molecule has 3 aromatic rings. The first kappa shape index (κ1) is 17.7. The van der Waals surface area contributed by atoms with Gasteiger partial charge in [-0.25, -0.2) is 4.39 Å². The molecule has 0 radical (unpaired) electrons. The van der Waals surface area contributed by atoms with Crippen LogP contribution in [0.5, 0.6) is 0 Å². The highest BCUT2D eigenvalue weighted by Gasteiger charge is 2.26. The second-order valence-electron chi connectivity index (χ2n) is 6.38. The van der Waals surface area contributed by atoms with Crippen LogP contribution in [0.2, 0.25) is 0 Å². The fourth-order valence-corrected chi connectivity index (χ4v) is 4.21. The number of nitrogens with one attached hydrogen (secondary N) is 1. The van der Waals surface area contributed by atoms with Crippen LogP contribution in [-0.4, -0.2) is 32.5 Å². The summed E-state index contributed by atoms with van der Waals surface area (Å²) in [5.41, 5.74) is 1.67. The van der Waals surface area contributed by atoms with Crippen LogP contribution in [0.1, 0.15) is 19.3 Å². The number of amides is 1. The lowest BCUT2D eigenvalue weighted by Crippen LogP contribution is -2.30. The minimum Gasteiger partial charge on any atom is -0.355 e. The highest BCUT2D eigenvalue weighted by atomic mass is 32.2. The van der Waals surface area contributed by atoms with Gasteiger partial charge in [-0.3, -0.25) is 9.36 Å². The molecule has 138 valence electrons. The molecule has 1 fully saturated rings. The van der Waals surface area contributed by atoms with Crippen molar-refractivity contribution in [3.8, 4) is 17.1 Å². The normalized spacial score (nSPS) is 17.4. The van der Waals surface area contributed by atoms with Gasteiger partial charge in [-0.05, 0) is 37.1 Å². The van der Waals surface area contributed by atoms with E-state index in [9.17, 15) is 9.18 Å². The monoisotopic (exact) mass is 382 g/mol. The van der Waals surface area contributed by atoms with Crippen molar-refractivity contribution in [3.05, 3.63) is 60.4 Å². The SMILES string of the molecule is O=C1NCCCCC1Sc1nnc(-c2ccccc2)n1-c1ccc(F)cc1. The number of carbonyl (C=O) groups is 1. The Hall–Kier alpha value is -2.67. The molecule has 0 bridgehead atoms. The summed E-state index contributed by atoms with van der Waals surface area (Å²) in [5, 5.41) is 12.1. The Labute approximate surface area is 161 Å². The number of halogens is 1. The zero-order chi connectivity index (χ0) is 18.6. The second-order valence-corrected chi connectivity index (χ2v) is 7.55. The lowest BCUT2D eigenvalue weighted by molar-refractivity contribution is -0.120. The maximum Gasteiger partial charge on any atom is 0.233 e. The molecule has 1 aliphatic heterocycles. The predicted octanol–water partition coefficient (Wildman–Crippen LogP) is 3.83. The van der Waals surface area contributed by atoms with Crippen molar-refractivity contribution in [2.24, 2.45) is 0 Å². The quantitative estimate of drug-likeness (QED) is 0.745. The number of thioether (sulfide) groups is 1. The van der Waals surface area contributed by atoms with Gasteiger partial charge in [0.1, 0.15) is 5.82 Å². The van der Waals surface area contributed by atoms with Crippen molar-refractivity contribution in [1.29, 1.82) is 0 Å². The van der Waals surface area contributed by atoms with Crippen LogP contribution in [0.25, 0.3) is 17.1 Å². The topological polar surface area (TPSA) is 59.8 Å². The van der Waals surface area contributed by atoms with Gasteiger partial charge < -0.3 is 5.32 Å². The lowest BCUT2D eigenvalue weighted by atomic mass is 10.2. The number of carbonyl (C=O) groups excluding carboxylic acids is 1. The highest BCUT2D eigenvalue weighted by molar-refractivity contribution is 8.00. The minimum absolute atomic E-state index is 0.0346. The molecule has 1 amide bonds. The van der Waals surface area contributed by atoms with Crippen LogP contribution in [0.3, 0.4) is 0 Å². The Balaban J connectivity index is 1.76. The molecule has 5 nitrogen and oxygen atoms in total. The molecule has 1 atom stereocenters. The molecule has 7 heteroatoms. The largest absolute Gasteiger partial charge is 0.355 e. The number of hydrogen-bond donors (Lipinski definition) is 1. The van der Waals surface area contributed by atoms with E-state index in [2.05, 4.69) is 15.5 Å². The molecule has 0 saturated carbocycles. The van der Waals surface area contributed by atoms with E-state index in [0.717, 1.165) is 37.1 Å². The van der Waals surface area contributed by atoms with Gasteiger partial charge in [-0.1, -0.05) is 48.5 Å². The Kier molecular flexibility index (Phi) is 5.20. The number of benzene rings is 2. The Morgan fingerprint density at radius 1 is 1.04 bits per heavy atom. The maximum absolute atomic E-state index is 13.4. The summed E-state index contributed by atoms with van der Waals surface area (Å²) in [6, 6.07) is 15.9. The second kappa shape index (κ2) is 7.92. The molecule has 2 heterocycles. The molecular formula is C20H19FN4OS. The highest BCUT2D eigenvalue weighted by Crippen LogP contribution is 2.32. The zero-order valence-electron chi connectivity index (χ0n) is 14.6. The first-order valence-electron chi connectivity index (χ1n) is 8.93. The fourth-order valence-electron chi connectivity index (χ4n) is 3.09. The zero-order valence-corrected chi connectivity index (χ0v) is 15.5. The Morgan fingerprint density at radius 3 is 2.59 bits per heavy atom. The van der Waals surface area contributed by atoms with Crippen molar-refractivity contribution in [2.75, 3.05) is 6.54 Å². The van der Waals surface area contributed by atoms with E-state index in [1.54, 1.807) is 12.1 Å². The van der Waals surface area contributed by atoms with Crippen LogP contribution < -0.4 is 5.32 Å². The van der Waals surface area contributed by atoms with Gasteiger partial charge in [0.05, 0.1) is 5.25 Å². The molecule has 0 aliphatic carbocycles. The summed E-state index contributed by atoms with van der Waals surface area (Å²) in [7, 11) is 0. The third-order valence-electron chi connectivity index (χ3n) is 4.48. The maximum atomic E-state index is 13.4. The van der Waals surface area contributed by atoms with E-state index in [1.165, 1.54) is 23.9 Å². The lowest BCUT2D eigenvalue weighted by Gasteiger charge is -2.14. The van der Waals surface area contributed by atoms with Gasteiger partial charge in [0.15, 0.2) is 11.0 Å². The smallest absolute Gasteiger partial charge is 0.233 e. The van der Waals surface area contributed by atoms with Crippen LogP contribution in [0.15, 0.2) is 59.8 Å². The molecule has 1 N–H and O–H groups in total. The van der Waals surface area contributed by atoms with Gasteiger partial charge in [0.2, 0.25) is 5.91 Å². The third kappa shape index (κ3) is 3.88. The van der Waals surface area contributed by atoms with E-state index in [0.29, 0.717) is 11.0 Å². The number of aromatic nitrogens is 3. The Morgan fingerprint density at radius 2 is 1.81 bits per heavy atom. The molecule has 27 heavy (non-hydrogen) atoms. The standard InChI is InChI=1S/C20H19FN4OS/c21-15-9-11-16(12-10-15)25-18(14-6-2-1-3-7-14)23-24-20(25)27-17-8-4-5-13-22-19(17)26/h1-3,6-7,9-12,17H,4-5,8,13H2,(H,22,26). The number of rotatable bonds is 4. The van der Waals surface area contributed by atoms with Gasteiger partial charge in [0.25, 0.3) is 0 Å². The van der Waals surface area contributed by atoms with Crippen molar-refractivity contribution >= 4 is 17.7 Å². The molecule has 1 saturated heterocycles. The molecule has 1 aliphatic rings. The van der Waals surface area contributed by atoms with Crippen LogP contribution in [0, 0.1) is 5.82 Å². The summed E-state index contributed by atoms with van der Waals surface area (Å²) in [5.74, 6) is 0.400. The van der Waals surface area contributed by atoms with Crippen LogP contribution in [-0.2, 0) is 4.79 Å². The number of nitrogens with zero attached hydrogens (tertiary/aromatic N) is 3. The Bertz CT molecular complexity index is 927. The molecule has 0 spiro atoms. The average molecular weight is 382 g/mol. The van der Waals surface area contributed by atoms with E-state index in [1.807, 2.05) is 34.9 Å². The molecule has 4 rings (SSSR count). The van der Waals surface area contributed by atoms with Gasteiger partial charge in [-0.15, -0.1) is 10.2 Å². The van der Waals surface area contributed by atoms with Crippen molar-refractivity contribution in [3.63, 3.8) is 0 Å². The van der Waals surface area contributed by atoms with Crippen molar-refractivity contribution < 1.29 is 9.18 Å². The first-order valence-corrected chi connectivity index (χ1v) is 9.81. The minimum atomic E-state index is -0.301. The van der Waals surface area contributed by atoms with E-state index in [4.69, 9.17) is 0 Å². The molecule has 2 aromatic carbocycles. The van der Waals surface area contributed by atoms with E-state index < -0.39 is 0 Å². The fraction of sp³-hybridized carbons (Fsp3) is 0.250. The summed E-state index contributed by atoms with van der Waals surface area (Å²) in [4.78, 5) is 12.3. The summed E-state index contributed by atoms with van der Waals surface area (Å²) >= 11 is 1.41. The van der Waals surface area contributed by atoms with Gasteiger partial charge in [-0.2, -0.15) is 0 Å². The third-order valence-corrected chi connectivity index (χ3v) is 5.69. The summed E-state index contributed by atoms with van der Waals surface area (Å²) in [6.07, 6.45) is 2.78. The number of hydrogen-bond acceptors (Lipinski definition) is 4. The van der Waals surface area contributed by atoms with Crippen LogP contribution in [0.4, 0.5) is 4.39 Å². The summed E-state index contributed by atoms with van der Waals surface area (Å²) < 4.78 is 15.3.